The van der Waals surface area contributed by atoms with Gasteiger partial charge in [0.1, 0.15) is 12.1 Å². The number of amides is 1. The van der Waals surface area contributed by atoms with Gasteiger partial charge in [0, 0.05) is 31.0 Å². The molecule has 1 N–H and O–H groups in total. The van der Waals surface area contributed by atoms with E-state index in [-0.39, 0.29) is 29.8 Å². The predicted octanol–water partition coefficient (Wildman–Crippen LogP) is 2.10. The number of aromatic nitrogens is 3. The van der Waals surface area contributed by atoms with Crippen LogP contribution in [-0.2, 0) is 13.1 Å². The zero-order valence-electron chi connectivity index (χ0n) is 14.4. The summed E-state index contributed by atoms with van der Waals surface area (Å²) in [4.78, 5) is 19.4. The maximum Gasteiger partial charge on any atom is 0.276 e. The molecule has 0 radical (unpaired) electrons. The quantitative estimate of drug-likeness (QED) is 0.878. The minimum atomic E-state index is -0.0604. The fourth-order valence-electron chi connectivity index (χ4n) is 3.95. The third-order valence-electron chi connectivity index (χ3n) is 5.49. The van der Waals surface area contributed by atoms with E-state index >= 15 is 0 Å². The molecule has 1 unspecified atom stereocenters. The van der Waals surface area contributed by atoms with E-state index in [0.717, 1.165) is 44.7 Å². The van der Waals surface area contributed by atoms with Crippen LogP contribution in [0.2, 0.25) is 0 Å². The molecule has 1 atom stereocenters. The van der Waals surface area contributed by atoms with E-state index in [1.807, 2.05) is 11.1 Å². The van der Waals surface area contributed by atoms with Crippen LogP contribution in [0.3, 0.4) is 0 Å². The number of hydrogen-bond donors (Lipinski definition) is 1. The highest BCUT2D eigenvalue weighted by atomic mass is 35.5. The van der Waals surface area contributed by atoms with Gasteiger partial charge in [-0.05, 0) is 44.7 Å². The Morgan fingerprint density at radius 2 is 2.28 bits per heavy atom. The first-order valence-corrected chi connectivity index (χ1v) is 8.65. The molecular weight excluding hydrogens is 342 g/mol. The number of nitrogens with zero attached hydrogens (tertiary/aromatic N) is 4. The predicted molar refractivity (Wildman–Crippen MR) is 94.5 cm³/mol. The van der Waals surface area contributed by atoms with E-state index in [4.69, 9.17) is 4.52 Å². The lowest BCUT2D eigenvalue weighted by Crippen LogP contribution is -2.39. The lowest BCUT2D eigenvalue weighted by Gasteiger charge is -2.29. The summed E-state index contributed by atoms with van der Waals surface area (Å²) in [5.74, 6) is 0.861. The molecule has 0 bridgehead atoms. The molecule has 1 aliphatic heterocycles. The van der Waals surface area contributed by atoms with Gasteiger partial charge in [-0.1, -0.05) is 5.16 Å². The second-order valence-corrected chi connectivity index (χ2v) is 6.78. The molecule has 2 aliphatic rings. The summed E-state index contributed by atoms with van der Waals surface area (Å²) < 4.78 is 6.96. The summed E-state index contributed by atoms with van der Waals surface area (Å²) in [5, 5.41) is 7.26. The minimum Gasteiger partial charge on any atom is -0.364 e. The maximum absolute atomic E-state index is 13.0. The van der Waals surface area contributed by atoms with Gasteiger partial charge in [0.25, 0.3) is 5.91 Å². The van der Waals surface area contributed by atoms with Crippen LogP contribution < -0.4 is 5.32 Å². The number of rotatable bonds is 5. The third kappa shape index (κ3) is 3.30. The number of nitrogens with one attached hydrogen (secondary N) is 1. The van der Waals surface area contributed by atoms with Crippen molar-refractivity contribution in [3.63, 3.8) is 0 Å². The Balaban J connectivity index is 0.00000182. The first-order valence-electron chi connectivity index (χ1n) is 8.65. The van der Waals surface area contributed by atoms with Crippen molar-refractivity contribution in [3.05, 3.63) is 36.2 Å². The van der Waals surface area contributed by atoms with Crippen molar-refractivity contribution in [3.8, 4) is 0 Å². The fourth-order valence-corrected chi connectivity index (χ4v) is 3.95. The van der Waals surface area contributed by atoms with Gasteiger partial charge in [-0.15, -0.1) is 12.4 Å². The van der Waals surface area contributed by atoms with Crippen LogP contribution in [0.5, 0.6) is 0 Å². The topological polar surface area (TPSA) is 76.2 Å². The molecular formula is C17H24ClN5O2. The van der Waals surface area contributed by atoms with Crippen LogP contribution in [0.4, 0.5) is 0 Å². The van der Waals surface area contributed by atoms with Gasteiger partial charge in [-0.25, -0.2) is 4.98 Å². The highest BCUT2D eigenvalue weighted by Gasteiger charge is 2.58. The van der Waals surface area contributed by atoms with Crippen LogP contribution in [0.15, 0.2) is 29.2 Å². The summed E-state index contributed by atoms with van der Waals surface area (Å²) in [6, 6.07) is 1.91. The third-order valence-corrected chi connectivity index (χ3v) is 5.49. The average molecular weight is 366 g/mol. The summed E-state index contributed by atoms with van der Waals surface area (Å²) in [7, 11) is 0. The van der Waals surface area contributed by atoms with Crippen LogP contribution in [0.1, 0.15) is 42.5 Å². The summed E-state index contributed by atoms with van der Waals surface area (Å²) in [5.41, 5.74) is 0.648. The first kappa shape index (κ1) is 17.9. The molecule has 7 nitrogen and oxygen atoms in total. The number of carbonyl (C=O) groups is 1. The zero-order valence-corrected chi connectivity index (χ0v) is 15.2. The largest absolute Gasteiger partial charge is 0.364 e. The van der Waals surface area contributed by atoms with Gasteiger partial charge in [-0.2, -0.15) is 0 Å². The molecule has 2 aromatic rings. The van der Waals surface area contributed by atoms with E-state index < -0.39 is 0 Å². The number of halogens is 1. The Labute approximate surface area is 153 Å². The molecule has 1 amide bonds. The highest BCUT2D eigenvalue weighted by molar-refractivity contribution is 5.92. The molecule has 1 spiro atoms. The van der Waals surface area contributed by atoms with E-state index in [9.17, 15) is 4.79 Å². The molecule has 136 valence electrons. The molecule has 2 fully saturated rings. The molecule has 3 heterocycles. The number of piperidine rings is 1. The molecule has 1 saturated carbocycles. The summed E-state index contributed by atoms with van der Waals surface area (Å²) in [6.07, 6.45) is 8.54. The lowest BCUT2D eigenvalue weighted by molar-refractivity contribution is 0.0674. The van der Waals surface area contributed by atoms with Gasteiger partial charge in [-0.3, -0.25) is 4.79 Å². The number of carbonyl (C=O) groups excluding carboxylic acids is 1. The Morgan fingerprint density at radius 3 is 2.96 bits per heavy atom. The van der Waals surface area contributed by atoms with Crippen LogP contribution in [-0.4, -0.2) is 44.6 Å². The van der Waals surface area contributed by atoms with Crippen molar-refractivity contribution < 1.29 is 9.32 Å². The zero-order chi connectivity index (χ0) is 16.6. The standard InChI is InChI=1S/C17H23N5O2.ClH/c1-2-21-9-8-19-15(21)12-22(16(23)13-3-10-24-20-13)14-11-17(14)4-6-18-7-5-17;/h3,8-10,14,18H,2,4-7,11-12H2,1H3;1H. The van der Waals surface area contributed by atoms with Crippen molar-refractivity contribution in [1.82, 2.24) is 24.9 Å². The van der Waals surface area contributed by atoms with Crippen molar-refractivity contribution in [1.29, 1.82) is 0 Å². The van der Waals surface area contributed by atoms with E-state index in [1.165, 1.54) is 6.26 Å². The maximum atomic E-state index is 13.0. The first-order chi connectivity index (χ1) is 11.7. The Bertz CT molecular complexity index is 708. The molecule has 1 saturated heterocycles. The molecule has 1 aliphatic carbocycles. The average Bonchev–Trinajstić information content (AvgIpc) is 3.05. The summed E-state index contributed by atoms with van der Waals surface area (Å²) >= 11 is 0. The fraction of sp³-hybridized carbons (Fsp3) is 0.588. The molecule has 8 heteroatoms. The van der Waals surface area contributed by atoms with E-state index in [2.05, 4.69) is 26.9 Å². The van der Waals surface area contributed by atoms with Gasteiger partial charge >= 0.3 is 0 Å². The SMILES string of the molecule is CCn1ccnc1CN(C(=O)c1ccon1)C1CC12CCNCC2.Cl. The number of hydrogen-bond acceptors (Lipinski definition) is 5. The normalized spacial score (nSPS) is 20.9. The van der Waals surface area contributed by atoms with Crippen molar-refractivity contribution in [2.24, 2.45) is 5.41 Å². The van der Waals surface area contributed by atoms with Crippen molar-refractivity contribution in [2.75, 3.05) is 13.1 Å². The van der Waals surface area contributed by atoms with Crippen LogP contribution in [0.25, 0.3) is 0 Å². The Morgan fingerprint density at radius 1 is 1.48 bits per heavy atom. The monoisotopic (exact) mass is 365 g/mol. The Hall–Kier alpha value is -1.86. The van der Waals surface area contributed by atoms with E-state index in [1.54, 1.807) is 12.3 Å². The lowest BCUT2D eigenvalue weighted by atomic mass is 9.93. The molecule has 25 heavy (non-hydrogen) atoms. The highest BCUT2D eigenvalue weighted by Crippen LogP contribution is 2.56. The van der Waals surface area contributed by atoms with Gasteiger partial charge in [0.15, 0.2) is 5.69 Å². The van der Waals surface area contributed by atoms with Gasteiger partial charge < -0.3 is 19.3 Å². The van der Waals surface area contributed by atoms with Crippen LogP contribution >= 0.6 is 12.4 Å². The molecule has 2 aromatic heterocycles. The smallest absolute Gasteiger partial charge is 0.276 e. The van der Waals surface area contributed by atoms with E-state index in [0.29, 0.717) is 12.2 Å². The van der Waals surface area contributed by atoms with Crippen LogP contribution in [0, 0.1) is 5.41 Å². The summed E-state index contributed by atoms with van der Waals surface area (Å²) in [6.45, 7) is 5.52. The Kier molecular flexibility index (Phi) is 5.15. The minimum absolute atomic E-state index is 0. The second-order valence-electron chi connectivity index (χ2n) is 6.78. The van der Waals surface area contributed by atoms with Gasteiger partial charge in [0.2, 0.25) is 0 Å². The molecule has 4 rings (SSSR count). The van der Waals surface area contributed by atoms with Crippen molar-refractivity contribution >= 4 is 18.3 Å². The van der Waals surface area contributed by atoms with Crippen molar-refractivity contribution in [2.45, 2.75) is 45.3 Å². The van der Waals surface area contributed by atoms with Gasteiger partial charge in [0.05, 0.1) is 6.54 Å². The number of aryl methyl sites for hydroxylation is 1. The number of imidazole rings is 1. The second kappa shape index (κ2) is 7.17. The molecule has 0 aromatic carbocycles.